The molecule has 1 aromatic rings. The Balaban J connectivity index is 1.56. The van der Waals surface area contributed by atoms with Crippen molar-refractivity contribution in [2.75, 3.05) is 13.7 Å². The van der Waals surface area contributed by atoms with Gasteiger partial charge in [0.2, 0.25) is 0 Å². The molecule has 4 unspecified atom stereocenters. The lowest BCUT2D eigenvalue weighted by molar-refractivity contribution is -0.232. The Labute approximate surface area is 125 Å². The third kappa shape index (κ3) is 3.27. The zero-order valence-electron chi connectivity index (χ0n) is 12.7. The van der Waals surface area contributed by atoms with Crippen LogP contribution in [0.1, 0.15) is 19.4 Å². The van der Waals surface area contributed by atoms with Gasteiger partial charge in [-0.25, -0.2) is 0 Å². The van der Waals surface area contributed by atoms with Gasteiger partial charge >= 0.3 is 0 Å². The quantitative estimate of drug-likeness (QED) is 0.832. The number of hydrogen-bond donors (Lipinski definition) is 0. The molecule has 5 heteroatoms. The van der Waals surface area contributed by atoms with Crippen LogP contribution in [-0.2, 0) is 30.3 Å². The van der Waals surface area contributed by atoms with Crippen LogP contribution in [0.3, 0.4) is 0 Å². The van der Waals surface area contributed by atoms with E-state index in [0.29, 0.717) is 13.2 Å². The Morgan fingerprint density at radius 3 is 2.52 bits per heavy atom. The second-order valence-electron chi connectivity index (χ2n) is 5.84. The zero-order valence-corrected chi connectivity index (χ0v) is 12.7. The molecule has 0 radical (unpaired) electrons. The van der Waals surface area contributed by atoms with Crippen molar-refractivity contribution in [3.63, 3.8) is 0 Å². The lowest BCUT2D eigenvalue weighted by atomic mass is 10.1. The molecule has 0 aliphatic carbocycles. The fourth-order valence-corrected chi connectivity index (χ4v) is 2.83. The van der Waals surface area contributed by atoms with E-state index in [1.54, 1.807) is 7.11 Å². The maximum atomic E-state index is 5.91. The molecule has 5 nitrogen and oxygen atoms in total. The summed E-state index contributed by atoms with van der Waals surface area (Å²) in [6.07, 6.45) is -0.927. The van der Waals surface area contributed by atoms with Gasteiger partial charge in [-0.2, -0.15) is 0 Å². The highest BCUT2D eigenvalue weighted by Crippen LogP contribution is 2.38. The van der Waals surface area contributed by atoms with Crippen LogP contribution in [0.5, 0.6) is 0 Å². The van der Waals surface area contributed by atoms with Gasteiger partial charge in [-0.3, -0.25) is 0 Å². The molecule has 2 fully saturated rings. The largest absolute Gasteiger partial charge is 0.374 e. The van der Waals surface area contributed by atoms with Crippen molar-refractivity contribution in [2.45, 2.75) is 50.8 Å². The fraction of sp³-hybridized carbons (Fsp3) is 0.625. The van der Waals surface area contributed by atoms with Gasteiger partial charge in [0.25, 0.3) is 0 Å². The molecule has 2 aliphatic heterocycles. The van der Waals surface area contributed by atoms with Crippen LogP contribution in [0.25, 0.3) is 0 Å². The lowest BCUT2D eigenvalue weighted by Crippen LogP contribution is -2.32. The summed E-state index contributed by atoms with van der Waals surface area (Å²) in [5, 5.41) is 0. The Bertz CT molecular complexity index is 461. The highest BCUT2D eigenvalue weighted by Gasteiger charge is 2.55. The summed E-state index contributed by atoms with van der Waals surface area (Å²) in [7, 11) is 1.61. The molecular weight excluding hydrogens is 272 g/mol. The molecule has 0 spiro atoms. The van der Waals surface area contributed by atoms with Crippen LogP contribution < -0.4 is 0 Å². The van der Waals surface area contributed by atoms with Gasteiger partial charge < -0.3 is 23.7 Å². The molecule has 116 valence electrons. The SMILES string of the molecule is COC1OC(COCc2ccccc2)C2OC(C)(C)OC12. The highest BCUT2D eigenvalue weighted by molar-refractivity contribution is 5.13. The summed E-state index contributed by atoms with van der Waals surface area (Å²) in [5.74, 6) is -0.604. The predicted octanol–water partition coefficient (Wildman–Crippen LogP) is 2.09. The van der Waals surface area contributed by atoms with Crippen LogP contribution in [0.4, 0.5) is 0 Å². The van der Waals surface area contributed by atoms with Crippen molar-refractivity contribution in [1.82, 2.24) is 0 Å². The first-order chi connectivity index (χ1) is 10.1. The van der Waals surface area contributed by atoms with Gasteiger partial charge in [-0.15, -0.1) is 0 Å². The Morgan fingerprint density at radius 1 is 1.10 bits per heavy atom. The molecule has 1 aromatic carbocycles. The molecule has 2 aliphatic rings. The number of methoxy groups -OCH3 is 1. The van der Waals surface area contributed by atoms with Gasteiger partial charge in [0.05, 0.1) is 13.2 Å². The monoisotopic (exact) mass is 294 g/mol. The molecule has 2 saturated heterocycles. The maximum absolute atomic E-state index is 5.91. The van der Waals surface area contributed by atoms with Gasteiger partial charge in [0, 0.05) is 7.11 Å². The number of fused-ring (bicyclic) bond motifs is 1. The van der Waals surface area contributed by atoms with Crippen LogP contribution in [-0.4, -0.2) is 44.1 Å². The molecular formula is C16H22O5. The average molecular weight is 294 g/mol. The summed E-state index contributed by atoms with van der Waals surface area (Å²) < 4.78 is 28.7. The summed E-state index contributed by atoms with van der Waals surface area (Å²) >= 11 is 0. The minimum atomic E-state index is -0.604. The summed E-state index contributed by atoms with van der Waals surface area (Å²) in [5.41, 5.74) is 1.14. The van der Waals surface area contributed by atoms with E-state index in [1.807, 2.05) is 44.2 Å². The van der Waals surface area contributed by atoms with Gasteiger partial charge in [0.1, 0.15) is 18.3 Å². The van der Waals surface area contributed by atoms with E-state index in [1.165, 1.54) is 0 Å². The van der Waals surface area contributed by atoms with E-state index in [4.69, 9.17) is 23.7 Å². The van der Waals surface area contributed by atoms with E-state index < -0.39 is 12.1 Å². The highest BCUT2D eigenvalue weighted by atomic mass is 16.8. The Kier molecular flexibility index (Phi) is 4.28. The van der Waals surface area contributed by atoms with Crippen molar-refractivity contribution < 1.29 is 23.7 Å². The zero-order chi connectivity index (χ0) is 14.9. The molecule has 0 N–H and O–H groups in total. The smallest absolute Gasteiger partial charge is 0.186 e. The van der Waals surface area contributed by atoms with Gasteiger partial charge in [-0.1, -0.05) is 30.3 Å². The minimum Gasteiger partial charge on any atom is -0.374 e. The third-order valence-electron chi connectivity index (χ3n) is 3.73. The minimum absolute atomic E-state index is 0.152. The molecule has 2 heterocycles. The molecule has 0 aromatic heterocycles. The van der Waals surface area contributed by atoms with E-state index in [2.05, 4.69) is 0 Å². The summed E-state index contributed by atoms with van der Waals surface area (Å²) in [6.45, 7) is 4.81. The maximum Gasteiger partial charge on any atom is 0.186 e. The average Bonchev–Trinajstić information content (AvgIpc) is 2.94. The van der Waals surface area contributed by atoms with Crippen molar-refractivity contribution in [3.8, 4) is 0 Å². The first-order valence-electron chi connectivity index (χ1n) is 7.24. The number of ether oxygens (including phenoxy) is 5. The second-order valence-corrected chi connectivity index (χ2v) is 5.84. The number of benzene rings is 1. The van der Waals surface area contributed by atoms with E-state index in [-0.39, 0.29) is 18.3 Å². The molecule has 3 rings (SSSR count). The molecule has 21 heavy (non-hydrogen) atoms. The first-order valence-corrected chi connectivity index (χ1v) is 7.24. The fourth-order valence-electron chi connectivity index (χ4n) is 2.83. The van der Waals surface area contributed by atoms with E-state index in [0.717, 1.165) is 5.56 Å². The lowest BCUT2D eigenvalue weighted by Gasteiger charge is -2.23. The van der Waals surface area contributed by atoms with Crippen molar-refractivity contribution in [3.05, 3.63) is 35.9 Å². The number of rotatable bonds is 5. The summed E-state index contributed by atoms with van der Waals surface area (Å²) in [6, 6.07) is 10.1. The summed E-state index contributed by atoms with van der Waals surface area (Å²) in [4.78, 5) is 0. The standard InChI is InChI=1S/C16H22O5/c1-16(2)20-13-12(19-15(17-3)14(13)21-16)10-18-9-11-7-5-4-6-8-11/h4-8,12-15H,9-10H2,1-3H3. The van der Waals surface area contributed by atoms with Crippen molar-refractivity contribution in [1.29, 1.82) is 0 Å². The first kappa shape index (κ1) is 14.9. The Morgan fingerprint density at radius 2 is 1.81 bits per heavy atom. The topological polar surface area (TPSA) is 46.2 Å². The van der Waals surface area contributed by atoms with Gasteiger partial charge in [-0.05, 0) is 19.4 Å². The van der Waals surface area contributed by atoms with Crippen LogP contribution in [0, 0.1) is 0 Å². The Hall–Kier alpha value is -0.980. The molecule has 0 amide bonds. The van der Waals surface area contributed by atoms with E-state index in [9.17, 15) is 0 Å². The third-order valence-corrected chi connectivity index (χ3v) is 3.73. The second kappa shape index (κ2) is 6.02. The number of hydrogen-bond acceptors (Lipinski definition) is 5. The molecule has 4 atom stereocenters. The van der Waals surface area contributed by atoms with Crippen molar-refractivity contribution in [2.24, 2.45) is 0 Å². The van der Waals surface area contributed by atoms with Crippen LogP contribution >= 0.6 is 0 Å². The normalized spacial score (nSPS) is 34.0. The molecule has 0 bridgehead atoms. The van der Waals surface area contributed by atoms with Crippen LogP contribution in [0.15, 0.2) is 30.3 Å². The van der Waals surface area contributed by atoms with Crippen LogP contribution in [0.2, 0.25) is 0 Å². The van der Waals surface area contributed by atoms with E-state index >= 15 is 0 Å². The van der Waals surface area contributed by atoms with Crippen molar-refractivity contribution >= 4 is 0 Å². The predicted molar refractivity (Wildman–Crippen MR) is 75.6 cm³/mol. The molecule has 0 saturated carbocycles. The van der Waals surface area contributed by atoms with Gasteiger partial charge in [0.15, 0.2) is 12.1 Å².